The van der Waals surface area contributed by atoms with Gasteiger partial charge in [-0.2, -0.15) is 5.10 Å². The van der Waals surface area contributed by atoms with Gasteiger partial charge in [0.25, 0.3) is 5.56 Å². The molecular formula is C7H9IN2O2. The van der Waals surface area contributed by atoms with Crippen molar-refractivity contribution in [2.24, 2.45) is 0 Å². The molecule has 1 aromatic rings. The highest BCUT2D eigenvalue weighted by molar-refractivity contribution is 14.1. The van der Waals surface area contributed by atoms with Crippen LogP contribution in [-0.2, 0) is 11.3 Å². The van der Waals surface area contributed by atoms with Gasteiger partial charge >= 0.3 is 0 Å². The van der Waals surface area contributed by atoms with E-state index in [9.17, 15) is 4.79 Å². The summed E-state index contributed by atoms with van der Waals surface area (Å²) in [6.07, 6.45) is 1.65. The molecule has 0 radical (unpaired) electrons. The maximum atomic E-state index is 11.2. The maximum Gasteiger partial charge on any atom is 0.267 e. The summed E-state index contributed by atoms with van der Waals surface area (Å²) in [7, 11) is 1.59. The fourth-order valence-electron chi connectivity index (χ4n) is 0.757. The molecule has 0 aliphatic carbocycles. The molecule has 0 aromatic carbocycles. The fraction of sp³-hybridized carbons (Fsp3) is 0.429. The van der Waals surface area contributed by atoms with Gasteiger partial charge in [-0.05, 0) is 22.6 Å². The summed E-state index contributed by atoms with van der Waals surface area (Å²) in [5.74, 6) is 0. The lowest BCUT2D eigenvalue weighted by molar-refractivity contribution is 0.182. The number of hydrogen-bond donors (Lipinski definition) is 0. The second-order valence-corrected chi connectivity index (χ2v) is 3.47. The molecule has 0 N–H and O–H groups in total. The molecule has 0 spiro atoms. The highest BCUT2D eigenvalue weighted by Gasteiger charge is 1.96. The smallest absolute Gasteiger partial charge is 0.267 e. The first-order valence-corrected chi connectivity index (χ1v) is 4.53. The van der Waals surface area contributed by atoms with Gasteiger partial charge in [-0.3, -0.25) is 4.79 Å². The van der Waals surface area contributed by atoms with Crippen molar-refractivity contribution in [1.82, 2.24) is 9.78 Å². The molecular weight excluding hydrogens is 271 g/mol. The van der Waals surface area contributed by atoms with Crippen LogP contribution >= 0.6 is 22.6 Å². The van der Waals surface area contributed by atoms with E-state index in [1.807, 2.05) is 0 Å². The van der Waals surface area contributed by atoms with Gasteiger partial charge in [0.05, 0.1) is 19.3 Å². The lowest BCUT2D eigenvalue weighted by Gasteiger charge is -2.01. The van der Waals surface area contributed by atoms with Crippen LogP contribution in [0.3, 0.4) is 0 Å². The zero-order chi connectivity index (χ0) is 8.97. The van der Waals surface area contributed by atoms with Crippen LogP contribution in [0.15, 0.2) is 17.1 Å². The molecule has 1 rings (SSSR count). The lowest BCUT2D eigenvalue weighted by atomic mass is 10.5. The van der Waals surface area contributed by atoms with E-state index >= 15 is 0 Å². The summed E-state index contributed by atoms with van der Waals surface area (Å²) < 4.78 is 7.06. The quantitative estimate of drug-likeness (QED) is 0.757. The van der Waals surface area contributed by atoms with Crippen molar-refractivity contribution in [3.63, 3.8) is 0 Å². The Hall–Kier alpha value is -0.430. The van der Waals surface area contributed by atoms with Gasteiger partial charge in [-0.1, -0.05) is 0 Å². The van der Waals surface area contributed by atoms with E-state index in [0.29, 0.717) is 13.2 Å². The number of hydrogen-bond acceptors (Lipinski definition) is 3. The normalized spacial score (nSPS) is 10.2. The molecule has 0 bridgehead atoms. The van der Waals surface area contributed by atoms with Crippen LogP contribution in [0.4, 0.5) is 0 Å². The van der Waals surface area contributed by atoms with E-state index < -0.39 is 0 Å². The van der Waals surface area contributed by atoms with E-state index in [2.05, 4.69) is 27.7 Å². The molecule has 1 aromatic heterocycles. The number of halogens is 1. The third-order valence-corrected chi connectivity index (χ3v) is 1.93. The van der Waals surface area contributed by atoms with Gasteiger partial charge in [0, 0.05) is 16.7 Å². The first kappa shape index (κ1) is 9.66. The summed E-state index contributed by atoms with van der Waals surface area (Å²) in [6.45, 7) is 1.01. The van der Waals surface area contributed by atoms with E-state index in [4.69, 9.17) is 4.74 Å². The van der Waals surface area contributed by atoms with Crippen LogP contribution in [0.25, 0.3) is 0 Å². The average Bonchev–Trinajstić information content (AvgIpc) is 2.03. The molecule has 4 nitrogen and oxygen atoms in total. The summed E-state index contributed by atoms with van der Waals surface area (Å²) in [5.41, 5.74) is -0.0843. The topological polar surface area (TPSA) is 44.1 Å². The Bertz CT molecular complexity index is 311. The van der Waals surface area contributed by atoms with Gasteiger partial charge in [-0.15, -0.1) is 0 Å². The standard InChI is InChI=1S/C7H9IN2O2/c1-12-3-2-10-7(11)4-6(8)5-9-10/h4-5H,2-3H2,1H3. The molecule has 12 heavy (non-hydrogen) atoms. The zero-order valence-electron chi connectivity index (χ0n) is 6.66. The Balaban J connectivity index is 2.80. The van der Waals surface area contributed by atoms with Crippen LogP contribution in [0.2, 0.25) is 0 Å². The fourth-order valence-corrected chi connectivity index (χ4v) is 1.15. The minimum Gasteiger partial charge on any atom is -0.383 e. The number of methoxy groups -OCH3 is 1. The van der Waals surface area contributed by atoms with Gasteiger partial charge < -0.3 is 4.74 Å². The first-order chi connectivity index (χ1) is 5.74. The first-order valence-electron chi connectivity index (χ1n) is 3.45. The maximum absolute atomic E-state index is 11.2. The third-order valence-electron chi connectivity index (χ3n) is 1.34. The molecule has 0 amide bonds. The largest absolute Gasteiger partial charge is 0.383 e. The van der Waals surface area contributed by atoms with E-state index in [-0.39, 0.29) is 5.56 Å². The molecule has 0 unspecified atom stereocenters. The molecule has 66 valence electrons. The second kappa shape index (κ2) is 4.56. The van der Waals surface area contributed by atoms with E-state index in [0.717, 1.165) is 3.57 Å². The Morgan fingerprint density at radius 1 is 1.75 bits per heavy atom. The molecule has 0 atom stereocenters. The summed E-state index contributed by atoms with van der Waals surface area (Å²) in [6, 6.07) is 1.54. The Labute approximate surface area is 83.7 Å². The Kier molecular flexibility index (Phi) is 3.67. The predicted octanol–water partition coefficient (Wildman–Crippen LogP) is 0.494. The molecule has 0 aliphatic heterocycles. The zero-order valence-corrected chi connectivity index (χ0v) is 8.82. The van der Waals surface area contributed by atoms with Crippen molar-refractivity contribution in [2.75, 3.05) is 13.7 Å². The molecule has 5 heteroatoms. The summed E-state index contributed by atoms with van der Waals surface area (Å²) >= 11 is 2.05. The number of rotatable bonds is 3. The minimum atomic E-state index is -0.0843. The highest BCUT2D eigenvalue weighted by atomic mass is 127. The van der Waals surface area contributed by atoms with Crippen LogP contribution in [0.5, 0.6) is 0 Å². The minimum absolute atomic E-state index is 0.0843. The van der Waals surface area contributed by atoms with E-state index in [1.54, 1.807) is 19.4 Å². The van der Waals surface area contributed by atoms with Crippen LogP contribution in [0, 0.1) is 3.57 Å². The van der Waals surface area contributed by atoms with Gasteiger partial charge in [0.2, 0.25) is 0 Å². The average molecular weight is 280 g/mol. The number of aromatic nitrogens is 2. The van der Waals surface area contributed by atoms with Gasteiger partial charge in [-0.25, -0.2) is 4.68 Å². The van der Waals surface area contributed by atoms with E-state index in [1.165, 1.54) is 4.68 Å². The van der Waals surface area contributed by atoms with Crippen molar-refractivity contribution in [3.8, 4) is 0 Å². The SMILES string of the molecule is COCCn1ncc(I)cc1=O. The number of nitrogens with zero attached hydrogens (tertiary/aromatic N) is 2. The van der Waals surface area contributed by atoms with Crippen LogP contribution in [0.1, 0.15) is 0 Å². The van der Waals surface area contributed by atoms with Crippen molar-refractivity contribution >= 4 is 22.6 Å². The van der Waals surface area contributed by atoms with Crippen molar-refractivity contribution in [2.45, 2.75) is 6.54 Å². The van der Waals surface area contributed by atoms with Crippen molar-refractivity contribution in [1.29, 1.82) is 0 Å². The Morgan fingerprint density at radius 2 is 2.50 bits per heavy atom. The van der Waals surface area contributed by atoms with Crippen LogP contribution < -0.4 is 5.56 Å². The number of ether oxygens (including phenoxy) is 1. The molecule has 0 saturated heterocycles. The molecule has 0 aliphatic rings. The summed E-state index contributed by atoms with van der Waals surface area (Å²) in [4.78, 5) is 11.2. The third kappa shape index (κ3) is 2.56. The van der Waals surface area contributed by atoms with Crippen LogP contribution in [-0.4, -0.2) is 23.5 Å². The van der Waals surface area contributed by atoms with Crippen molar-refractivity contribution in [3.05, 3.63) is 26.2 Å². The summed E-state index contributed by atoms with van der Waals surface area (Å²) in [5, 5.41) is 3.93. The molecule has 1 heterocycles. The van der Waals surface area contributed by atoms with Gasteiger partial charge in [0.1, 0.15) is 0 Å². The second-order valence-electron chi connectivity index (χ2n) is 2.23. The lowest BCUT2D eigenvalue weighted by Crippen LogP contribution is -2.24. The predicted molar refractivity (Wildman–Crippen MR) is 53.1 cm³/mol. The highest BCUT2D eigenvalue weighted by Crippen LogP contribution is 1.95. The molecule has 0 fully saturated rings. The van der Waals surface area contributed by atoms with Gasteiger partial charge in [0.15, 0.2) is 0 Å². The Morgan fingerprint density at radius 3 is 3.08 bits per heavy atom. The molecule has 0 saturated carbocycles. The monoisotopic (exact) mass is 280 g/mol. The van der Waals surface area contributed by atoms with Crippen molar-refractivity contribution < 1.29 is 4.74 Å².